The maximum Gasteiger partial charge on any atom is 0.262 e. The van der Waals surface area contributed by atoms with Gasteiger partial charge in [-0.2, -0.15) is 0 Å². The zero-order chi connectivity index (χ0) is 13.1. The largest absolute Gasteiger partial charge is 0.482 e. The number of carbonyl (C=O) groups excluding carboxylic acids is 1. The van der Waals surface area contributed by atoms with Gasteiger partial charge in [0.15, 0.2) is 6.61 Å². The van der Waals surface area contributed by atoms with Gasteiger partial charge in [0.1, 0.15) is 5.75 Å². The molecule has 0 unspecified atom stereocenters. The van der Waals surface area contributed by atoms with Crippen LogP contribution in [0.5, 0.6) is 5.75 Å². The lowest BCUT2D eigenvalue weighted by atomic mass is 10.2. The predicted molar refractivity (Wildman–Crippen MR) is 75.2 cm³/mol. The highest BCUT2D eigenvalue weighted by molar-refractivity contribution is 7.99. The summed E-state index contributed by atoms with van der Waals surface area (Å²) in [5.41, 5.74) is 7.40. The van der Waals surface area contributed by atoms with E-state index in [0.717, 1.165) is 17.1 Å². The number of nitrogens with one attached hydrogen (secondary N) is 1. The molecule has 5 heteroatoms. The third-order valence-electron chi connectivity index (χ3n) is 2.70. The summed E-state index contributed by atoms with van der Waals surface area (Å²) in [6.45, 7) is 4.46. The Kier molecular flexibility index (Phi) is 4.01. The normalized spacial score (nSPS) is 14.1. The first kappa shape index (κ1) is 13.1. The number of hydrogen-bond donors (Lipinski definition) is 2. The maximum absolute atomic E-state index is 11.3. The summed E-state index contributed by atoms with van der Waals surface area (Å²) in [7, 11) is 0. The first-order valence-electron chi connectivity index (χ1n) is 6.05. The van der Waals surface area contributed by atoms with Gasteiger partial charge in [0.2, 0.25) is 0 Å². The fraction of sp³-hybridized carbons (Fsp3) is 0.462. The van der Waals surface area contributed by atoms with Crippen molar-refractivity contribution in [3.8, 4) is 5.75 Å². The van der Waals surface area contributed by atoms with Gasteiger partial charge in [-0.1, -0.05) is 13.8 Å². The minimum Gasteiger partial charge on any atom is -0.482 e. The summed E-state index contributed by atoms with van der Waals surface area (Å²) in [5.74, 6) is 2.24. The van der Waals surface area contributed by atoms with E-state index < -0.39 is 0 Å². The Morgan fingerprint density at radius 3 is 3.00 bits per heavy atom. The molecule has 0 aliphatic carbocycles. The van der Waals surface area contributed by atoms with Crippen LogP contribution >= 0.6 is 11.8 Å². The van der Waals surface area contributed by atoms with Crippen LogP contribution in [0.15, 0.2) is 17.0 Å². The van der Waals surface area contributed by atoms with Crippen LogP contribution in [0, 0.1) is 5.92 Å². The second-order valence-electron chi connectivity index (χ2n) is 4.75. The molecule has 1 aliphatic heterocycles. The van der Waals surface area contributed by atoms with Gasteiger partial charge >= 0.3 is 0 Å². The van der Waals surface area contributed by atoms with Crippen LogP contribution in [-0.2, 0) is 4.79 Å². The smallest absolute Gasteiger partial charge is 0.262 e. The molecular weight excluding hydrogens is 248 g/mol. The van der Waals surface area contributed by atoms with Gasteiger partial charge in [-0.3, -0.25) is 4.79 Å². The number of thioether (sulfide) groups is 1. The molecule has 1 heterocycles. The van der Waals surface area contributed by atoms with E-state index in [1.165, 1.54) is 0 Å². The van der Waals surface area contributed by atoms with Gasteiger partial charge in [0, 0.05) is 16.6 Å². The van der Waals surface area contributed by atoms with Crippen LogP contribution < -0.4 is 15.8 Å². The van der Waals surface area contributed by atoms with E-state index in [4.69, 9.17) is 10.5 Å². The van der Waals surface area contributed by atoms with E-state index >= 15 is 0 Å². The van der Waals surface area contributed by atoms with Crippen LogP contribution in [0.1, 0.15) is 20.3 Å². The molecule has 1 aromatic carbocycles. The molecule has 0 fully saturated rings. The molecule has 0 aromatic heterocycles. The monoisotopic (exact) mass is 266 g/mol. The van der Waals surface area contributed by atoms with E-state index in [1.54, 1.807) is 17.8 Å². The molecule has 0 saturated heterocycles. The quantitative estimate of drug-likeness (QED) is 0.649. The molecule has 1 amide bonds. The van der Waals surface area contributed by atoms with E-state index in [2.05, 4.69) is 19.2 Å². The molecule has 0 radical (unpaired) electrons. The lowest BCUT2D eigenvalue weighted by Crippen LogP contribution is -2.25. The van der Waals surface area contributed by atoms with Gasteiger partial charge in [0.05, 0.1) is 5.69 Å². The standard InChI is InChI=1S/C13H18N2O2S/c1-8(2)3-4-18-12-6-10-11(5-9(12)14)17-7-13(16)15-10/h5-6,8H,3-4,7,14H2,1-2H3,(H,15,16). The third-order valence-corrected chi connectivity index (χ3v) is 3.80. The fourth-order valence-electron chi connectivity index (χ4n) is 1.65. The Labute approximate surface area is 111 Å². The summed E-state index contributed by atoms with van der Waals surface area (Å²) in [4.78, 5) is 12.3. The van der Waals surface area contributed by atoms with Crippen LogP contribution in [0.3, 0.4) is 0 Å². The number of anilines is 2. The zero-order valence-corrected chi connectivity index (χ0v) is 11.5. The highest BCUT2D eigenvalue weighted by Crippen LogP contribution is 2.37. The Morgan fingerprint density at radius 2 is 2.28 bits per heavy atom. The highest BCUT2D eigenvalue weighted by atomic mass is 32.2. The van der Waals surface area contributed by atoms with E-state index in [-0.39, 0.29) is 12.5 Å². The van der Waals surface area contributed by atoms with Crippen LogP contribution in [0.4, 0.5) is 11.4 Å². The molecule has 18 heavy (non-hydrogen) atoms. The molecule has 1 aromatic rings. The number of nitrogen functional groups attached to an aromatic ring is 1. The molecular formula is C13H18N2O2S. The van der Waals surface area contributed by atoms with Crippen molar-refractivity contribution in [1.82, 2.24) is 0 Å². The second kappa shape index (κ2) is 5.52. The first-order chi connectivity index (χ1) is 8.56. The first-order valence-corrected chi connectivity index (χ1v) is 7.04. The topological polar surface area (TPSA) is 64.3 Å². The molecule has 4 nitrogen and oxygen atoms in total. The van der Waals surface area contributed by atoms with E-state index in [1.807, 2.05) is 6.07 Å². The minimum atomic E-state index is -0.120. The molecule has 0 bridgehead atoms. The highest BCUT2D eigenvalue weighted by Gasteiger charge is 2.17. The van der Waals surface area contributed by atoms with Gasteiger partial charge in [-0.15, -0.1) is 11.8 Å². The Hall–Kier alpha value is -1.36. The Bertz CT molecular complexity index is 461. The summed E-state index contributed by atoms with van der Waals surface area (Å²) < 4.78 is 5.31. The number of nitrogens with two attached hydrogens (primary N) is 1. The number of ether oxygens (including phenoxy) is 1. The predicted octanol–water partition coefficient (Wildman–Crippen LogP) is 2.74. The van der Waals surface area contributed by atoms with Gasteiger partial charge < -0.3 is 15.8 Å². The molecule has 0 saturated carbocycles. The average molecular weight is 266 g/mol. The van der Waals surface area contributed by atoms with Crippen molar-refractivity contribution < 1.29 is 9.53 Å². The molecule has 1 aliphatic rings. The van der Waals surface area contributed by atoms with Crippen LogP contribution in [0.25, 0.3) is 0 Å². The number of carbonyl (C=O) groups is 1. The van der Waals surface area contributed by atoms with E-state index in [9.17, 15) is 4.79 Å². The SMILES string of the molecule is CC(C)CCSc1cc2c(cc1N)OCC(=O)N2. The number of benzene rings is 1. The lowest BCUT2D eigenvalue weighted by molar-refractivity contribution is -0.118. The van der Waals surface area contributed by atoms with E-state index in [0.29, 0.717) is 23.0 Å². The van der Waals surface area contributed by atoms with Crippen molar-refractivity contribution in [2.45, 2.75) is 25.2 Å². The molecule has 0 spiro atoms. The van der Waals surface area contributed by atoms with Crippen molar-refractivity contribution in [3.63, 3.8) is 0 Å². The number of rotatable bonds is 4. The lowest BCUT2D eigenvalue weighted by Gasteiger charge is -2.19. The fourth-order valence-corrected chi connectivity index (χ4v) is 2.89. The summed E-state index contributed by atoms with van der Waals surface area (Å²) in [6, 6.07) is 3.68. The number of hydrogen-bond acceptors (Lipinski definition) is 4. The zero-order valence-electron chi connectivity index (χ0n) is 10.7. The van der Waals surface area contributed by atoms with Gasteiger partial charge in [-0.05, 0) is 24.2 Å². The van der Waals surface area contributed by atoms with Crippen molar-refractivity contribution >= 4 is 29.0 Å². The number of fused-ring (bicyclic) bond motifs is 1. The van der Waals surface area contributed by atoms with Crippen molar-refractivity contribution in [3.05, 3.63) is 12.1 Å². The van der Waals surface area contributed by atoms with Crippen LogP contribution in [-0.4, -0.2) is 18.3 Å². The third kappa shape index (κ3) is 3.10. The number of amides is 1. The van der Waals surface area contributed by atoms with Crippen LogP contribution in [0.2, 0.25) is 0 Å². The molecule has 3 N–H and O–H groups in total. The molecule has 98 valence electrons. The summed E-state index contributed by atoms with van der Waals surface area (Å²) in [5, 5.41) is 2.79. The van der Waals surface area contributed by atoms with Crippen molar-refractivity contribution in [1.29, 1.82) is 0 Å². The van der Waals surface area contributed by atoms with Crippen molar-refractivity contribution in [2.75, 3.05) is 23.4 Å². The summed E-state index contributed by atoms with van der Waals surface area (Å²) in [6.07, 6.45) is 1.14. The van der Waals surface area contributed by atoms with Gasteiger partial charge in [-0.25, -0.2) is 0 Å². The second-order valence-corrected chi connectivity index (χ2v) is 5.89. The van der Waals surface area contributed by atoms with Gasteiger partial charge in [0.25, 0.3) is 5.91 Å². The van der Waals surface area contributed by atoms with Crippen molar-refractivity contribution in [2.24, 2.45) is 5.92 Å². The Morgan fingerprint density at radius 1 is 1.50 bits per heavy atom. The average Bonchev–Trinajstić information content (AvgIpc) is 2.30. The maximum atomic E-state index is 11.3. The molecule has 0 atom stereocenters. The molecule has 2 rings (SSSR count). The Balaban J connectivity index is 2.11. The summed E-state index contributed by atoms with van der Waals surface area (Å²) >= 11 is 1.72. The minimum absolute atomic E-state index is 0.0618.